The molecule has 0 spiro atoms. The number of aryl methyl sites for hydroxylation is 1. The van der Waals surface area contributed by atoms with Crippen LogP contribution in [0.2, 0.25) is 0 Å². The number of carbonyl (C=O) groups excluding carboxylic acids is 1. The Balaban J connectivity index is 3.20. The summed E-state index contributed by atoms with van der Waals surface area (Å²) in [6.07, 6.45) is 1.23. The highest BCUT2D eigenvalue weighted by Gasteiger charge is 2.24. The SMILES string of the molecule is Cc1ccc(C(C)(F)N=C=O)cc1Br. The van der Waals surface area contributed by atoms with E-state index in [-0.39, 0.29) is 0 Å². The number of isocyanates is 1. The van der Waals surface area contributed by atoms with Gasteiger partial charge in [0.2, 0.25) is 11.9 Å². The van der Waals surface area contributed by atoms with E-state index in [4.69, 9.17) is 0 Å². The third kappa shape index (κ3) is 2.28. The van der Waals surface area contributed by atoms with Crippen molar-refractivity contribution in [3.63, 3.8) is 0 Å². The Bertz CT molecular complexity index is 397. The van der Waals surface area contributed by atoms with E-state index in [1.165, 1.54) is 13.0 Å². The van der Waals surface area contributed by atoms with Crippen LogP contribution in [0.15, 0.2) is 27.7 Å². The smallest absolute Gasteiger partial charge is 0.212 e. The molecular formula is C10H9BrFNO. The second-order valence-corrected chi connectivity index (χ2v) is 3.97. The Morgan fingerprint density at radius 1 is 1.57 bits per heavy atom. The number of nitrogens with zero attached hydrogens (tertiary/aromatic N) is 1. The van der Waals surface area contributed by atoms with Gasteiger partial charge in [-0.15, -0.1) is 0 Å². The minimum atomic E-state index is -2.00. The van der Waals surface area contributed by atoms with Crippen molar-refractivity contribution < 1.29 is 9.18 Å². The fourth-order valence-corrected chi connectivity index (χ4v) is 1.41. The first kappa shape index (κ1) is 11.1. The molecule has 0 aromatic heterocycles. The van der Waals surface area contributed by atoms with Crippen LogP contribution in [-0.2, 0) is 10.6 Å². The molecule has 1 atom stereocenters. The van der Waals surface area contributed by atoms with Gasteiger partial charge in [0.1, 0.15) is 0 Å². The van der Waals surface area contributed by atoms with E-state index < -0.39 is 5.79 Å². The summed E-state index contributed by atoms with van der Waals surface area (Å²) in [7, 11) is 0. The Kier molecular flexibility index (Phi) is 3.19. The zero-order chi connectivity index (χ0) is 10.8. The molecule has 0 heterocycles. The maximum absolute atomic E-state index is 13.7. The summed E-state index contributed by atoms with van der Waals surface area (Å²) >= 11 is 3.28. The number of aliphatic imine (C=N–C) groups is 1. The Morgan fingerprint density at radius 2 is 2.21 bits per heavy atom. The van der Waals surface area contributed by atoms with Gasteiger partial charge in [-0.05, 0) is 25.5 Å². The van der Waals surface area contributed by atoms with Crippen LogP contribution >= 0.6 is 15.9 Å². The fraction of sp³-hybridized carbons (Fsp3) is 0.300. The second-order valence-electron chi connectivity index (χ2n) is 3.12. The van der Waals surface area contributed by atoms with Crippen LogP contribution in [0, 0.1) is 6.92 Å². The van der Waals surface area contributed by atoms with Gasteiger partial charge in [0.15, 0.2) is 0 Å². The number of rotatable bonds is 2. The summed E-state index contributed by atoms with van der Waals surface area (Å²) in [5, 5.41) is 0. The Hall–Kier alpha value is -0.990. The van der Waals surface area contributed by atoms with E-state index in [2.05, 4.69) is 20.9 Å². The van der Waals surface area contributed by atoms with Crippen molar-refractivity contribution in [3.05, 3.63) is 33.8 Å². The summed E-state index contributed by atoms with van der Waals surface area (Å²) in [5.74, 6) is -2.00. The molecule has 0 aliphatic heterocycles. The zero-order valence-corrected chi connectivity index (χ0v) is 9.43. The Morgan fingerprint density at radius 3 is 2.71 bits per heavy atom. The number of benzene rings is 1. The van der Waals surface area contributed by atoms with Crippen molar-refractivity contribution in [1.29, 1.82) is 0 Å². The van der Waals surface area contributed by atoms with Gasteiger partial charge < -0.3 is 0 Å². The topological polar surface area (TPSA) is 29.4 Å². The molecule has 1 rings (SSSR count). The van der Waals surface area contributed by atoms with Gasteiger partial charge in [-0.2, -0.15) is 4.99 Å². The van der Waals surface area contributed by atoms with E-state index >= 15 is 0 Å². The van der Waals surface area contributed by atoms with Gasteiger partial charge in [0.05, 0.1) is 0 Å². The van der Waals surface area contributed by atoms with Gasteiger partial charge in [0, 0.05) is 10.0 Å². The van der Waals surface area contributed by atoms with Gasteiger partial charge in [-0.25, -0.2) is 9.18 Å². The van der Waals surface area contributed by atoms with Crippen molar-refractivity contribution in [3.8, 4) is 0 Å². The summed E-state index contributed by atoms with van der Waals surface area (Å²) < 4.78 is 14.5. The highest BCUT2D eigenvalue weighted by Crippen LogP contribution is 2.29. The zero-order valence-electron chi connectivity index (χ0n) is 7.84. The normalized spacial score (nSPS) is 14.3. The number of halogens is 2. The summed E-state index contributed by atoms with van der Waals surface area (Å²) in [6.45, 7) is 3.11. The van der Waals surface area contributed by atoms with Crippen LogP contribution in [0.4, 0.5) is 4.39 Å². The standard InChI is InChI=1S/C10H9BrFNO/c1-7-3-4-8(5-9(7)11)10(2,12)13-6-14/h3-5H,1-2H3. The lowest BCUT2D eigenvalue weighted by Gasteiger charge is -2.14. The first-order valence-electron chi connectivity index (χ1n) is 4.02. The fourth-order valence-electron chi connectivity index (χ4n) is 1.03. The average Bonchev–Trinajstić information content (AvgIpc) is 2.09. The molecule has 0 saturated heterocycles. The van der Waals surface area contributed by atoms with Crippen LogP contribution < -0.4 is 0 Å². The highest BCUT2D eigenvalue weighted by atomic mass is 79.9. The average molecular weight is 258 g/mol. The van der Waals surface area contributed by atoms with Crippen LogP contribution in [-0.4, -0.2) is 6.08 Å². The van der Waals surface area contributed by atoms with Crippen molar-refractivity contribution in [2.75, 3.05) is 0 Å². The van der Waals surface area contributed by atoms with Crippen LogP contribution in [0.5, 0.6) is 0 Å². The van der Waals surface area contributed by atoms with Crippen LogP contribution in [0.3, 0.4) is 0 Å². The lowest BCUT2D eigenvalue weighted by Crippen LogP contribution is -2.11. The minimum Gasteiger partial charge on any atom is -0.212 e. The van der Waals surface area contributed by atoms with Crippen molar-refractivity contribution in [1.82, 2.24) is 0 Å². The molecule has 14 heavy (non-hydrogen) atoms. The predicted octanol–water partition coefficient (Wildman–Crippen LogP) is 3.24. The van der Waals surface area contributed by atoms with E-state index in [0.717, 1.165) is 10.0 Å². The van der Waals surface area contributed by atoms with E-state index in [9.17, 15) is 9.18 Å². The summed E-state index contributed by atoms with van der Waals surface area (Å²) in [5.41, 5.74) is 1.33. The predicted molar refractivity (Wildman–Crippen MR) is 55.5 cm³/mol. The second kappa shape index (κ2) is 4.03. The molecule has 4 heteroatoms. The first-order chi connectivity index (χ1) is 6.47. The summed E-state index contributed by atoms with van der Waals surface area (Å²) in [6, 6.07) is 4.97. The molecule has 0 aliphatic carbocycles. The molecular weight excluding hydrogens is 249 g/mol. The highest BCUT2D eigenvalue weighted by molar-refractivity contribution is 9.10. The number of alkyl halides is 1. The van der Waals surface area contributed by atoms with E-state index in [1.54, 1.807) is 18.2 Å². The third-order valence-electron chi connectivity index (χ3n) is 1.95. The molecule has 1 unspecified atom stereocenters. The van der Waals surface area contributed by atoms with Gasteiger partial charge in [-0.1, -0.05) is 28.1 Å². The third-order valence-corrected chi connectivity index (χ3v) is 2.81. The van der Waals surface area contributed by atoms with Crippen molar-refractivity contribution in [2.45, 2.75) is 19.6 Å². The van der Waals surface area contributed by atoms with E-state index in [1.807, 2.05) is 6.92 Å². The molecule has 74 valence electrons. The van der Waals surface area contributed by atoms with E-state index in [0.29, 0.717) is 5.56 Å². The van der Waals surface area contributed by atoms with Gasteiger partial charge >= 0.3 is 0 Å². The van der Waals surface area contributed by atoms with Crippen LogP contribution in [0.1, 0.15) is 18.1 Å². The number of hydrogen-bond donors (Lipinski definition) is 0. The lowest BCUT2D eigenvalue weighted by atomic mass is 10.1. The maximum atomic E-state index is 13.7. The Labute approximate surface area is 90.0 Å². The molecule has 1 aromatic carbocycles. The molecule has 1 aromatic rings. The first-order valence-corrected chi connectivity index (χ1v) is 4.81. The van der Waals surface area contributed by atoms with Crippen molar-refractivity contribution >= 4 is 22.0 Å². The molecule has 0 radical (unpaired) electrons. The molecule has 0 aliphatic rings. The maximum Gasteiger partial charge on any atom is 0.238 e. The van der Waals surface area contributed by atoms with Crippen LogP contribution in [0.25, 0.3) is 0 Å². The van der Waals surface area contributed by atoms with Gasteiger partial charge in [-0.3, -0.25) is 0 Å². The molecule has 2 nitrogen and oxygen atoms in total. The monoisotopic (exact) mass is 257 g/mol. The largest absolute Gasteiger partial charge is 0.238 e. The van der Waals surface area contributed by atoms with Gasteiger partial charge in [0.25, 0.3) is 0 Å². The van der Waals surface area contributed by atoms with Crippen molar-refractivity contribution in [2.24, 2.45) is 4.99 Å². The minimum absolute atomic E-state index is 0.332. The quantitative estimate of drug-likeness (QED) is 0.455. The number of hydrogen-bond acceptors (Lipinski definition) is 2. The molecule has 0 fully saturated rings. The summed E-state index contributed by atoms with van der Waals surface area (Å²) in [4.78, 5) is 13.1. The lowest BCUT2D eigenvalue weighted by molar-refractivity contribution is 0.206. The molecule has 0 saturated carbocycles. The molecule has 0 bridgehead atoms. The molecule has 0 amide bonds. The molecule has 0 N–H and O–H groups in total.